The monoisotopic (exact) mass is 510 g/mol. The highest BCUT2D eigenvalue weighted by atomic mass is 19.4. The van der Waals surface area contributed by atoms with Crippen LogP contribution in [0.5, 0.6) is 0 Å². The second-order valence-corrected chi connectivity index (χ2v) is 7.28. The van der Waals surface area contributed by atoms with Gasteiger partial charge in [0.15, 0.2) is 0 Å². The number of aliphatic carboxylic acids is 2. The number of pyridine rings is 1. The Morgan fingerprint density at radius 1 is 0.971 bits per heavy atom. The normalized spacial score (nSPS) is 14.7. The van der Waals surface area contributed by atoms with Crippen molar-refractivity contribution in [1.82, 2.24) is 19.9 Å². The third-order valence-corrected chi connectivity index (χ3v) is 4.97. The van der Waals surface area contributed by atoms with Crippen molar-refractivity contribution in [3.05, 3.63) is 42.1 Å². The molecule has 2 aromatic rings. The summed E-state index contributed by atoms with van der Waals surface area (Å²) in [6, 6.07) is 4.69. The minimum Gasteiger partial charge on any atom is -0.475 e. The Labute approximate surface area is 196 Å². The molecule has 194 valence electrons. The van der Waals surface area contributed by atoms with E-state index in [9.17, 15) is 26.3 Å². The van der Waals surface area contributed by atoms with E-state index in [0.29, 0.717) is 6.04 Å². The van der Waals surface area contributed by atoms with Crippen LogP contribution in [0.4, 0.5) is 26.3 Å². The number of carboxylic acid groups (broad SMARTS) is 2. The maximum atomic E-state index is 10.6. The minimum absolute atomic E-state index is 0.636. The van der Waals surface area contributed by atoms with Gasteiger partial charge in [-0.25, -0.2) is 19.6 Å². The van der Waals surface area contributed by atoms with Crippen molar-refractivity contribution in [3.63, 3.8) is 0 Å². The summed E-state index contributed by atoms with van der Waals surface area (Å²) in [5, 5.41) is 14.2. The van der Waals surface area contributed by atoms with Crippen LogP contribution in [0.25, 0.3) is 11.3 Å². The standard InChI is InChI=1S/C17H22N4.2C2HF3O2/c1-3-13(2)21-10-6-15-16(7-11-21)19-12-20-17(15)14-4-8-18-9-5-14;2*3-2(4,5)1(6)7/h4-5,8-9,12-13H,3,6-7,10-11H2,1-2H3;2*(H,6,7). The number of carbonyl (C=O) groups is 2. The summed E-state index contributed by atoms with van der Waals surface area (Å²) in [5.74, 6) is -5.51. The average Bonchev–Trinajstić information content (AvgIpc) is 3.01. The van der Waals surface area contributed by atoms with Crippen molar-refractivity contribution in [2.24, 2.45) is 0 Å². The Bertz CT molecular complexity index is 947. The smallest absolute Gasteiger partial charge is 0.475 e. The van der Waals surface area contributed by atoms with Crippen LogP contribution in [-0.4, -0.2) is 73.5 Å². The zero-order chi connectivity index (χ0) is 26.8. The molecule has 8 nitrogen and oxygen atoms in total. The Kier molecular flexibility index (Phi) is 11.0. The molecule has 0 bridgehead atoms. The summed E-state index contributed by atoms with van der Waals surface area (Å²) in [6.45, 7) is 6.75. The van der Waals surface area contributed by atoms with E-state index in [1.165, 1.54) is 17.7 Å². The van der Waals surface area contributed by atoms with E-state index in [4.69, 9.17) is 19.8 Å². The molecule has 0 fully saturated rings. The third-order valence-electron chi connectivity index (χ3n) is 4.97. The molecule has 14 heteroatoms. The lowest BCUT2D eigenvalue weighted by Crippen LogP contribution is -2.34. The number of aromatic nitrogens is 3. The summed E-state index contributed by atoms with van der Waals surface area (Å²) in [6.07, 6.45) is -1.58. The van der Waals surface area contributed by atoms with E-state index < -0.39 is 24.3 Å². The molecule has 35 heavy (non-hydrogen) atoms. The molecule has 1 unspecified atom stereocenters. The first-order chi connectivity index (χ1) is 16.2. The molecule has 2 aromatic heterocycles. The lowest BCUT2D eigenvalue weighted by molar-refractivity contribution is -0.193. The number of nitrogens with zero attached hydrogens (tertiary/aromatic N) is 4. The predicted molar refractivity (Wildman–Crippen MR) is 111 cm³/mol. The molecule has 3 heterocycles. The predicted octanol–water partition coefficient (Wildman–Crippen LogP) is 4.00. The van der Waals surface area contributed by atoms with Gasteiger partial charge in [-0.15, -0.1) is 0 Å². The van der Waals surface area contributed by atoms with Crippen molar-refractivity contribution in [1.29, 1.82) is 0 Å². The van der Waals surface area contributed by atoms with Gasteiger partial charge in [-0.05, 0) is 31.9 Å². The highest BCUT2D eigenvalue weighted by Crippen LogP contribution is 2.26. The van der Waals surface area contributed by atoms with Crippen LogP contribution < -0.4 is 0 Å². The summed E-state index contributed by atoms with van der Waals surface area (Å²) in [4.78, 5) is 33.5. The minimum atomic E-state index is -5.08. The van der Waals surface area contributed by atoms with Gasteiger partial charge in [0.2, 0.25) is 0 Å². The number of hydrogen-bond donors (Lipinski definition) is 2. The first-order valence-electron chi connectivity index (χ1n) is 10.3. The molecule has 2 N–H and O–H groups in total. The van der Waals surface area contributed by atoms with E-state index in [1.54, 1.807) is 6.33 Å². The van der Waals surface area contributed by atoms with E-state index in [2.05, 4.69) is 33.7 Å². The fourth-order valence-electron chi connectivity index (χ4n) is 3.00. The molecule has 0 saturated heterocycles. The van der Waals surface area contributed by atoms with Gasteiger partial charge in [-0.3, -0.25) is 9.88 Å². The van der Waals surface area contributed by atoms with Crippen molar-refractivity contribution in [3.8, 4) is 11.3 Å². The van der Waals surface area contributed by atoms with Gasteiger partial charge in [-0.2, -0.15) is 26.3 Å². The Morgan fingerprint density at radius 2 is 1.46 bits per heavy atom. The molecule has 3 rings (SSSR count). The third kappa shape index (κ3) is 9.84. The molecule has 0 saturated carbocycles. The number of alkyl halides is 6. The van der Waals surface area contributed by atoms with Crippen molar-refractivity contribution in [2.45, 2.75) is 51.5 Å². The van der Waals surface area contributed by atoms with Crippen LogP contribution in [0.3, 0.4) is 0 Å². The topological polar surface area (TPSA) is 117 Å². The van der Waals surface area contributed by atoms with E-state index in [1.807, 2.05) is 24.5 Å². The second-order valence-electron chi connectivity index (χ2n) is 7.28. The summed E-state index contributed by atoms with van der Waals surface area (Å²) < 4.78 is 63.5. The fraction of sp³-hybridized carbons (Fsp3) is 0.476. The summed E-state index contributed by atoms with van der Waals surface area (Å²) in [7, 11) is 0. The van der Waals surface area contributed by atoms with Gasteiger partial charge in [0.1, 0.15) is 6.33 Å². The van der Waals surface area contributed by atoms with Gasteiger partial charge in [0, 0.05) is 54.8 Å². The molecule has 0 aliphatic carbocycles. The molecular formula is C21H24F6N4O4. The average molecular weight is 510 g/mol. The number of rotatable bonds is 3. The van der Waals surface area contributed by atoms with Crippen LogP contribution in [0.2, 0.25) is 0 Å². The first-order valence-corrected chi connectivity index (χ1v) is 10.3. The highest BCUT2D eigenvalue weighted by molar-refractivity contribution is 5.73. The second kappa shape index (κ2) is 13.0. The van der Waals surface area contributed by atoms with Crippen molar-refractivity contribution < 1.29 is 46.1 Å². The molecule has 1 aliphatic rings. The highest BCUT2D eigenvalue weighted by Gasteiger charge is 2.38. The number of fused-ring (bicyclic) bond motifs is 1. The maximum absolute atomic E-state index is 10.6. The zero-order valence-corrected chi connectivity index (χ0v) is 18.8. The SMILES string of the molecule is CCC(C)N1CCc2ncnc(-c3ccncc3)c2CC1.O=C(O)C(F)(F)F.O=C(O)C(F)(F)F. The van der Waals surface area contributed by atoms with Gasteiger partial charge in [-0.1, -0.05) is 6.92 Å². The van der Waals surface area contributed by atoms with Crippen molar-refractivity contribution >= 4 is 11.9 Å². The first kappa shape index (κ1) is 29.7. The number of hydrogen-bond acceptors (Lipinski definition) is 6. The van der Waals surface area contributed by atoms with E-state index >= 15 is 0 Å². The largest absolute Gasteiger partial charge is 0.490 e. The van der Waals surface area contributed by atoms with Gasteiger partial charge >= 0.3 is 24.3 Å². The van der Waals surface area contributed by atoms with Gasteiger partial charge in [0.05, 0.1) is 5.69 Å². The molecule has 0 aromatic carbocycles. The lowest BCUT2D eigenvalue weighted by atomic mass is 10.0. The molecule has 0 radical (unpaired) electrons. The number of carboxylic acids is 2. The molecule has 1 aliphatic heterocycles. The Morgan fingerprint density at radius 3 is 1.91 bits per heavy atom. The van der Waals surface area contributed by atoms with Crippen LogP contribution >= 0.6 is 0 Å². The van der Waals surface area contributed by atoms with E-state index in [0.717, 1.165) is 37.2 Å². The quantitative estimate of drug-likeness (QED) is 0.596. The van der Waals surface area contributed by atoms with Crippen LogP contribution in [0, 0.1) is 0 Å². The zero-order valence-electron chi connectivity index (χ0n) is 18.8. The van der Waals surface area contributed by atoms with Crippen LogP contribution in [-0.2, 0) is 22.4 Å². The maximum Gasteiger partial charge on any atom is 0.490 e. The van der Waals surface area contributed by atoms with Crippen LogP contribution in [0.1, 0.15) is 31.5 Å². The summed E-state index contributed by atoms with van der Waals surface area (Å²) in [5.41, 5.74) is 4.74. The van der Waals surface area contributed by atoms with E-state index in [-0.39, 0.29) is 0 Å². The molecule has 0 amide bonds. The Hall–Kier alpha value is -3.29. The van der Waals surface area contributed by atoms with Crippen molar-refractivity contribution in [2.75, 3.05) is 13.1 Å². The van der Waals surface area contributed by atoms with Gasteiger partial charge in [0.25, 0.3) is 0 Å². The summed E-state index contributed by atoms with van der Waals surface area (Å²) >= 11 is 0. The van der Waals surface area contributed by atoms with Crippen LogP contribution in [0.15, 0.2) is 30.9 Å². The Balaban J connectivity index is 0.000000362. The molecular weight excluding hydrogens is 486 g/mol. The van der Waals surface area contributed by atoms with Gasteiger partial charge < -0.3 is 10.2 Å². The molecule has 0 spiro atoms. The fourth-order valence-corrected chi connectivity index (χ4v) is 3.00. The number of halogens is 6. The lowest BCUT2D eigenvalue weighted by Gasteiger charge is -2.26. The molecule has 1 atom stereocenters.